The third-order valence-corrected chi connectivity index (χ3v) is 6.71. The smallest absolute Gasteiger partial charge is 0.305 e. The van der Waals surface area contributed by atoms with Gasteiger partial charge in [0.05, 0.1) is 37.0 Å². The lowest BCUT2D eigenvalue weighted by atomic mass is 10.0. The molecule has 40 heavy (non-hydrogen) atoms. The SMILES string of the molecule is CC(C)c1c(C(=O)NC(CO)Cc2ccc(Cl)cc2)nc(-c2ccc(F)cc2)n1CCC(O)CC(O)CC(=O)O. The number of carboxylic acids is 1. The van der Waals surface area contributed by atoms with Crippen molar-refractivity contribution in [1.29, 1.82) is 0 Å². The zero-order valence-electron chi connectivity index (χ0n) is 22.4. The van der Waals surface area contributed by atoms with Crippen LogP contribution in [0.25, 0.3) is 11.4 Å². The van der Waals surface area contributed by atoms with Crippen molar-refractivity contribution in [2.24, 2.45) is 0 Å². The Balaban J connectivity index is 1.91. The highest BCUT2D eigenvalue weighted by Gasteiger charge is 2.27. The zero-order valence-corrected chi connectivity index (χ0v) is 23.2. The summed E-state index contributed by atoms with van der Waals surface area (Å²) in [7, 11) is 0. The van der Waals surface area contributed by atoms with Crippen molar-refractivity contribution in [3.05, 3.63) is 76.3 Å². The molecule has 0 radical (unpaired) electrons. The van der Waals surface area contributed by atoms with Crippen molar-refractivity contribution in [3.63, 3.8) is 0 Å². The molecule has 9 nitrogen and oxygen atoms in total. The van der Waals surface area contributed by atoms with E-state index in [4.69, 9.17) is 16.7 Å². The zero-order chi connectivity index (χ0) is 29.4. The third-order valence-electron chi connectivity index (χ3n) is 6.46. The lowest BCUT2D eigenvalue weighted by Crippen LogP contribution is -2.39. The van der Waals surface area contributed by atoms with Gasteiger partial charge in [0.15, 0.2) is 0 Å². The topological polar surface area (TPSA) is 145 Å². The minimum atomic E-state index is -1.20. The molecular weight excluding hydrogens is 541 g/mol. The third kappa shape index (κ3) is 8.59. The van der Waals surface area contributed by atoms with E-state index in [1.54, 1.807) is 28.8 Å². The van der Waals surface area contributed by atoms with E-state index in [0.29, 0.717) is 28.5 Å². The predicted molar refractivity (Wildman–Crippen MR) is 149 cm³/mol. The van der Waals surface area contributed by atoms with Crippen LogP contribution in [0.4, 0.5) is 4.39 Å². The molecule has 0 aliphatic carbocycles. The number of amides is 1. The highest BCUT2D eigenvalue weighted by Crippen LogP contribution is 2.29. The molecule has 3 atom stereocenters. The highest BCUT2D eigenvalue weighted by atomic mass is 35.5. The van der Waals surface area contributed by atoms with E-state index in [9.17, 15) is 29.3 Å². The number of carbonyl (C=O) groups excluding carboxylic acids is 1. The Morgan fingerprint density at radius 1 is 1.05 bits per heavy atom. The van der Waals surface area contributed by atoms with E-state index in [1.165, 1.54) is 12.1 Å². The van der Waals surface area contributed by atoms with Crippen LogP contribution in [-0.2, 0) is 17.8 Å². The number of carboxylic acid groups (broad SMARTS) is 1. The van der Waals surface area contributed by atoms with Gasteiger partial charge in [-0.1, -0.05) is 37.6 Å². The predicted octanol–water partition coefficient (Wildman–Crippen LogP) is 3.78. The number of aliphatic carboxylic acids is 1. The van der Waals surface area contributed by atoms with Crippen LogP contribution in [0.2, 0.25) is 5.02 Å². The first kappa shape index (κ1) is 31.2. The molecule has 0 aliphatic rings. The maximum Gasteiger partial charge on any atom is 0.305 e. The molecule has 0 bridgehead atoms. The molecule has 0 saturated heterocycles. The van der Waals surface area contributed by atoms with Gasteiger partial charge in [-0.15, -0.1) is 0 Å². The van der Waals surface area contributed by atoms with Gasteiger partial charge in [0.1, 0.15) is 17.3 Å². The number of benzene rings is 2. The van der Waals surface area contributed by atoms with E-state index in [0.717, 1.165) is 5.56 Å². The summed E-state index contributed by atoms with van der Waals surface area (Å²) in [6, 6.07) is 12.2. The Morgan fingerprint density at radius 2 is 1.70 bits per heavy atom. The largest absolute Gasteiger partial charge is 0.481 e. The van der Waals surface area contributed by atoms with Crippen molar-refractivity contribution in [3.8, 4) is 11.4 Å². The first-order valence-corrected chi connectivity index (χ1v) is 13.5. The molecule has 3 unspecified atom stereocenters. The first-order valence-electron chi connectivity index (χ1n) is 13.1. The van der Waals surface area contributed by atoms with Crippen molar-refractivity contribution >= 4 is 23.5 Å². The second kappa shape index (κ2) is 14.4. The normalized spacial score (nSPS) is 13.7. The fraction of sp³-hybridized carbons (Fsp3) is 0.414. The molecule has 0 fully saturated rings. The molecule has 5 N–H and O–H groups in total. The van der Waals surface area contributed by atoms with E-state index in [2.05, 4.69) is 10.3 Å². The quantitative estimate of drug-likeness (QED) is 0.197. The first-order chi connectivity index (χ1) is 19.0. The fourth-order valence-electron chi connectivity index (χ4n) is 4.58. The van der Waals surface area contributed by atoms with Gasteiger partial charge in [0.2, 0.25) is 0 Å². The van der Waals surface area contributed by atoms with Crippen LogP contribution in [0.15, 0.2) is 48.5 Å². The molecule has 0 aliphatic heterocycles. The number of carbonyl (C=O) groups is 2. The monoisotopic (exact) mass is 575 g/mol. The van der Waals surface area contributed by atoms with Crippen molar-refractivity contribution < 1.29 is 34.4 Å². The summed E-state index contributed by atoms with van der Waals surface area (Å²) in [5.41, 5.74) is 2.16. The average Bonchev–Trinajstić information content (AvgIpc) is 3.28. The van der Waals surface area contributed by atoms with Crippen molar-refractivity contribution in [1.82, 2.24) is 14.9 Å². The van der Waals surface area contributed by atoms with E-state index in [-0.39, 0.29) is 37.6 Å². The standard InChI is InChI=1S/C29H35ClFN3O6/c1-17(2)27-26(29(40)32-22(16-35)13-18-3-7-20(30)8-4-18)33-28(19-5-9-21(31)10-6-19)34(27)12-11-23(36)14-24(37)15-25(38)39/h3-10,17,22-24,35-37H,11-16H2,1-2H3,(H,32,40)(H,38,39). The second-order valence-electron chi connectivity index (χ2n) is 10.1. The summed E-state index contributed by atoms with van der Waals surface area (Å²) in [6.45, 7) is 3.68. The molecule has 2 aromatic carbocycles. The average molecular weight is 576 g/mol. The molecule has 0 saturated carbocycles. The molecule has 1 amide bonds. The number of imidazole rings is 1. The molecule has 0 spiro atoms. The number of aliphatic hydroxyl groups excluding tert-OH is 3. The molecule has 216 valence electrons. The molecule has 1 heterocycles. The molecule has 11 heteroatoms. The van der Waals surface area contributed by atoms with Crippen LogP contribution in [0.1, 0.15) is 60.8 Å². The molecule has 1 aromatic heterocycles. The Labute approximate surface area is 237 Å². The van der Waals surface area contributed by atoms with Gasteiger partial charge >= 0.3 is 5.97 Å². The Kier molecular flexibility index (Phi) is 11.2. The Hall–Kier alpha value is -3.31. The minimum absolute atomic E-state index is 0.125. The van der Waals surface area contributed by atoms with Crippen LogP contribution < -0.4 is 5.32 Å². The van der Waals surface area contributed by atoms with Crippen molar-refractivity contribution in [2.75, 3.05) is 6.61 Å². The molecular formula is C29H35ClFN3O6. The fourth-order valence-corrected chi connectivity index (χ4v) is 4.70. The van der Waals surface area contributed by atoms with Gasteiger partial charge in [0.25, 0.3) is 5.91 Å². The van der Waals surface area contributed by atoms with Crippen LogP contribution in [0.3, 0.4) is 0 Å². The van der Waals surface area contributed by atoms with E-state index >= 15 is 0 Å². The number of hydrogen-bond donors (Lipinski definition) is 5. The van der Waals surface area contributed by atoms with Gasteiger partial charge in [0, 0.05) is 17.1 Å². The van der Waals surface area contributed by atoms with Gasteiger partial charge < -0.3 is 30.3 Å². The summed E-state index contributed by atoms with van der Waals surface area (Å²) in [5.74, 6) is -1.87. The number of nitrogens with one attached hydrogen (secondary N) is 1. The van der Waals surface area contributed by atoms with Gasteiger partial charge in [-0.05, 0) is 67.1 Å². The summed E-state index contributed by atoms with van der Waals surface area (Å²) in [4.78, 5) is 29.0. The van der Waals surface area contributed by atoms with Crippen LogP contribution in [0, 0.1) is 5.82 Å². The summed E-state index contributed by atoms with van der Waals surface area (Å²) >= 11 is 5.96. The maximum absolute atomic E-state index is 13.7. The highest BCUT2D eigenvalue weighted by molar-refractivity contribution is 6.30. The number of aromatic nitrogens is 2. The number of rotatable bonds is 14. The maximum atomic E-state index is 13.7. The summed E-state index contributed by atoms with van der Waals surface area (Å²) < 4.78 is 15.5. The number of hydrogen-bond acceptors (Lipinski definition) is 6. The number of nitrogens with zero attached hydrogens (tertiary/aromatic N) is 2. The van der Waals surface area contributed by atoms with Crippen molar-refractivity contribution in [2.45, 2.75) is 70.2 Å². The van der Waals surface area contributed by atoms with Gasteiger partial charge in [-0.2, -0.15) is 0 Å². The lowest BCUT2D eigenvalue weighted by Gasteiger charge is -2.19. The van der Waals surface area contributed by atoms with Crippen LogP contribution in [-0.4, -0.2) is 66.7 Å². The van der Waals surface area contributed by atoms with E-state index in [1.807, 2.05) is 26.0 Å². The number of halogens is 2. The van der Waals surface area contributed by atoms with E-state index < -0.39 is 42.4 Å². The Morgan fingerprint density at radius 3 is 2.27 bits per heavy atom. The molecule has 3 aromatic rings. The number of aliphatic hydroxyl groups is 3. The van der Waals surface area contributed by atoms with Gasteiger partial charge in [-0.25, -0.2) is 9.37 Å². The molecule has 3 rings (SSSR count). The second-order valence-corrected chi connectivity index (χ2v) is 10.5. The minimum Gasteiger partial charge on any atom is -0.481 e. The summed E-state index contributed by atoms with van der Waals surface area (Å²) in [5, 5.41) is 42.7. The Bertz CT molecular complexity index is 1280. The van der Waals surface area contributed by atoms with Gasteiger partial charge in [-0.3, -0.25) is 9.59 Å². The van der Waals surface area contributed by atoms with Crippen LogP contribution in [0.5, 0.6) is 0 Å². The van der Waals surface area contributed by atoms with Crippen LogP contribution >= 0.6 is 11.6 Å². The summed E-state index contributed by atoms with van der Waals surface area (Å²) in [6.07, 6.45) is -2.29. The lowest BCUT2D eigenvalue weighted by molar-refractivity contribution is -0.139.